The molecule has 1 aromatic heterocycles. The number of carbonyl (C=O) groups is 2. The van der Waals surface area contributed by atoms with Crippen LogP contribution in [0.1, 0.15) is 29.8 Å². The number of carbonyl (C=O) groups excluding carboxylic acids is 2. The summed E-state index contributed by atoms with van der Waals surface area (Å²) in [6, 6.07) is 13.4. The molecule has 7 heteroatoms. The van der Waals surface area contributed by atoms with Crippen LogP contribution in [0.4, 0.5) is 0 Å². The van der Waals surface area contributed by atoms with E-state index in [9.17, 15) is 9.59 Å². The van der Waals surface area contributed by atoms with Crippen LogP contribution in [0.15, 0.2) is 48.7 Å². The Hall–Kier alpha value is -2.93. The fourth-order valence-corrected chi connectivity index (χ4v) is 3.22. The third-order valence-corrected chi connectivity index (χ3v) is 4.69. The number of rotatable bonds is 7. The van der Waals surface area contributed by atoms with Crippen LogP contribution in [0.3, 0.4) is 0 Å². The molecule has 3 rings (SSSR count). The third-order valence-electron chi connectivity index (χ3n) is 4.69. The minimum atomic E-state index is -0.0387. The fraction of sp³-hybridized carbons (Fsp3) is 0.409. The highest BCUT2D eigenvalue weighted by molar-refractivity contribution is 5.94. The number of piperazine rings is 1. The highest BCUT2D eigenvalue weighted by Gasteiger charge is 2.23. The van der Waals surface area contributed by atoms with Crippen LogP contribution in [0, 0.1) is 0 Å². The highest BCUT2D eigenvalue weighted by atomic mass is 16.5. The number of amides is 2. The standard InChI is InChI=1S/C22H28N4O3/c1-17(2)24-20(27)15-25-10-12-26(13-11-25)22(28)19-8-9-23-21(14-19)29-16-18-6-4-3-5-7-18/h3-9,14,17H,10-13,15-16H2,1-2H3,(H,24,27). The van der Waals surface area contributed by atoms with Gasteiger partial charge in [0.2, 0.25) is 11.8 Å². The number of ether oxygens (including phenoxy) is 1. The number of hydrogen-bond acceptors (Lipinski definition) is 5. The lowest BCUT2D eigenvalue weighted by Crippen LogP contribution is -2.51. The summed E-state index contributed by atoms with van der Waals surface area (Å²) in [5.74, 6) is 0.418. The molecule has 0 saturated carbocycles. The molecule has 0 radical (unpaired) electrons. The zero-order valence-corrected chi connectivity index (χ0v) is 17.0. The van der Waals surface area contributed by atoms with E-state index >= 15 is 0 Å². The topological polar surface area (TPSA) is 74.8 Å². The van der Waals surface area contributed by atoms with Gasteiger partial charge < -0.3 is 15.0 Å². The van der Waals surface area contributed by atoms with Gasteiger partial charge in [-0.15, -0.1) is 0 Å². The van der Waals surface area contributed by atoms with Crippen LogP contribution in [-0.4, -0.2) is 65.4 Å². The number of aromatic nitrogens is 1. The molecule has 0 unspecified atom stereocenters. The Morgan fingerprint density at radius 2 is 1.83 bits per heavy atom. The summed E-state index contributed by atoms with van der Waals surface area (Å²) in [6.45, 7) is 7.21. The smallest absolute Gasteiger partial charge is 0.254 e. The first-order chi connectivity index (χ1) is 14.0. The summed E-state index contributed by atoms with van der Waals surface area (Å²) in [5, 5.41) is 2.90. The molecule has 0 aliphatic carbocycles. The van der Waals surface area contributed by atoms with Crippen molar-refractivity contribution in [3.05, 3.63) is 59.8 Å². The first-order valence-electron chi connectivity index (χ1n) is 9.95. The predicted molar refractivity (Wildman–Crippen MR) is 111 cm³/mol. The number of hydrogen-bond donors (Lipinski definition) is 1. The SMILES string of the molecule is CC(C)NC(=O)CN1CCN(C(=O)c2ccnc(OCc3ccccc3)c2)CC1. The third kappa shape index (κ3) is 6.29. The van der Waals surface area contributed by atoms with Crippen LogP contribution in [0.2, 0.25) is 0 Å². The van der Waals surface area contributed by atoms with Gasteiger partial charge in [0.15, 0.2) is 0 Å². The molecule has 154 valence electrons. The number of benzene rings is 1. The van der Waals surface area contributed by atoms with Gasteiger partial charge in [-0.25, -0.2) is 4.98 Å². The second-order valence-electron chi connectivity index (χ2n) is 7.45. The monoisotopic (exact) mass is 396 g/mol. The molecular weight excluding hydrogens is 368 g/mol. The van der Waals surface area contributed by atoms with Crippen molar-refractivity contribution in [1.29, 1.82) is 0 Å². The summed E-state index contributed by atoms with van der Waals surface area (Å²) in [6.07, 6.45) is 1.60. The number of nitrogens with one attached hydrogen (secondary N) is 1. The van der Waals surface area contributed by atoms with Crippen LogP contribution in [0.5, 0.6) is 5.88 Å². The maximum Gasteiger partial charge on any atom is 0.254 e. The lowest BCUT2D eigenvalue weighted by Gasteiger charge is -2.34. The van der Waals surface area contributed by atoms with Crippen LogP contribution >= 0.6 is 0 Å². The van der Waals surface area contributed by atoms with Gasteiger partial charge >= 0.3 is 0 Å². The van der Waals surface area contributed by atoms with Crippen molar-refractivity contribution in [3.8, 4) is 5.88 Å². The van der Waals surface area contributed by atoms with Gasteiger partial charge in [0, 0.05) is 50.0 Å². The van der Waals surface area contributed by atoms with Crippen molar-refractivity contribution >= 4 is 11.8 Å². The highest BCUT2D eigenvalue weighted by Crippen LogP contribution is 2.15. The lowest BCUT2D eigenvalue weighted by molar-refractivity contribution is -0.123. The molecule has 1 fully saturated rings. The van der Waals surface area contributed by atoms with Crippen molar-refractivity contribution in [2.75, 3.05) is 32.7 Å². The van der Waals surface area contributed by atoms with E-state index in [1.54, 1.807) is 18.3 Å². The lowest BCUT2D eigenvalue weighted by atomic mass is 10.2. The molecule has 2 heterocycles. The van der Waals surface area contributed by atoms with E-state index in [0.29, 0.717) is 50.8 Å². The molecule has 1 N–H and O–H groups in total. The maximum atomic E-state index is 12.8. The van der Waals surface area contributed by atoms with Crippen molar-refractivity contribution in [3.63, 3.8) is 0 Å². The first-order valence-corrected chi connectivity index (χ1v) is 9.95. The Bertz CT molecular complexity index is 818. The van der Waals surface area contributed by atoms with Crippen LogP contribution in [-0.2, 0) is 11.4 Å². The molecule has 1 aliphatic heterocycles. The number of pyridine rings is 1. The first kappa shape index (κ1) is 20.8. The average molecular weight is 396 g/mol. The van der Waals surface area contributed by atoms with Crippen molar-refractivity contribution < 1.29 is 14.3 Å². The Balaban J connectivity index is 1.51. The minimum Gasteiger partial charge on any atom is -0.473 e. The molecular formula is C22H28N4O3. The average Bonchev–Trinajstić information content (AvgIpc) is 2.73. The molecule has 1 aromatic carbocycles. The Kier molecular flexibility index (Phi) is 7.19. The molecule has 29 heavy (non-hydrogen) atoms. The molecule has 1 saturated heterocycles. The molecule has 0 bridgehead atoms. The van der Waals surface area contributed by atoms with E-state index in [0.717, 1.165) is 5.56 Å². The fourth-order valence-electron chi connectivity index (χ4n) is 3.22. The molecule has 1 aliphatic rings. The van der Waals surface area contributed by atoms with Crippen molar-refractivity contribution in [2.45, 2.75) is 26.5 Å². The van der Waals surface area contributed by atoms with E-state index in [1.807, 2.05) is 49.1 Å². The van der Waals surface area contributed by atoms with E-state index in [4.69, 9.17) is 4.74 Å². The summed E-state index contributed by atoms with van der Waals surface area (Å²) < 4.78 is 5.73. The Morgan fingerprint density at radius 3 is 2.52 bits per heavy atom. The van der Waals surface area contributed by atoms with Gasteiger partial charge in [0.05, 0.1) is 6.54 Å². The van der Waals surface area contributed by atoms with E-state index in [-0.39, 0.29) is 17.9 Å². The van der Waals surface area contributed by atoms with Crippen LogP contribution < -0.4 is 10.1 Å². The summed E-state index contributed by atoms with van der Waals surface area (Å²) in [4.78, 5) is 32.8. The van der Waals surface area contributed by atoms with Crippen molar-refractivity contribution in [2.24, 2.45) is 0 Å². The summed E-state index contributed by atoms with van der Waals surface area (Å²) in [5.41, 5.74) is 1.61. The van der Waals surface area contributed by atoms with Gasteiger partial charge in [-0.1, -0.05) is 30.3 Å². The van der Waals surface area contributed by atoms with Gasteiger partial charge in [-0.05, 0) is 25.5 Å². The molecule has 2 amide bonds. The van der Waals surface area contributed by atoms with E-state index in [2.05, 4.69) is 15.2 Å². The van der Waals surface area contributed by atoms with Gasteiger partial charge in [-0.2, -0.15) is 0 Å². The predicted octanol–water partition coefficient (Wildman–Crippen LogP) is 1.94. The maximum absolute atomic E-state index is 12.8. The second-order valence-corrected chi connectivity index (χ2v) is 7.45. The Labute approximate surface area is 171 Å². The van der Waals surface area contributed by atoms with Gasteiger partial charge in [0.25, 0.3) is 5.91 Å². The number of nitrogens with zero attached hydrogens (tertiary/aromatic N) is 3. The molecule has 0 atom stereocenters. The van der Waals surface area contributed by atoms with Gasteiger partial charge in [-0.3, -0.25) is 14.5 Å². The largest absolute Gasteiger partial charge is 0.473 e. The zero-order chi connectivity index (χ0) is 20.6. The van der Waals surface area contributed by atoms with Gasteiger partial charge in [0.1, 0.15) is 6.61 Å². The van der Waals surface area contributed by atoms with Crippen LogP contribution in [0.25, 0.3) is 0 Å². The summed E-state index contributed by atoms with van der Waals surface area (Å²) >= 11 is 0. The summed E-state index contributed by atoms with van der Waals surface area (Å²) in [7, 11) is 0. The quantitative estimate of drug-likeness (QED) is 0.774. The normalized spacial score (nSPS) is 14.7. The minimum absolute atomic E-state index is 0.0223. The second kappa shape index (κ2) is 10.0. The zero-order valence-electron chi connectivity index (χ0n) is 17.0. The molecule has 7 nitrogen and oxygen atoms in total. The van der Waals surface area contributed by atoms with Crippen molar-refractivity contribution in [1.82, 2.24) is 20.1 Å². The van der Waals surface area contributed by atoms with E-state index in [1.165, 1.54) is 0 Å². The molecule has 2 aromatic rings. The van der Waals surface area contributed by atoms with E-state index < -0.39 is 0 Å². The molecule has 0 spiro atoms. The Morgan fingerprint density at radius 1 is 1.10 bits per heavy atom.